The molecule has 0 saturated carbocycles. The SMILES string of the molecule is Nc1cccn2c(CC3CCCN3)nc(Br)c12. The Hall–Kier alpha value is -1.07. The van der Waals surface area contributed by atoms with Crippen LogP contribution in [0.25, 0.3) is 5.52 Å². The third-order valence-corrected chi connectivity index (χ3v) is 3.87. The monoisotopic (exact) mass is 294 g/mol. The van der Waals surface area contributed by atoms with Gasteiger partial charge in [0.15, 0.2) is 0 Å². The van der Waals surface area contributed by atoms with Crippen LogP contribution >= 0.6 is 15.9 Å². The van der Waals surface area contributed by atoms with Crippen LogP contribution < -0.4 is 11.1 Å². The van der Waals surface area contributed by atoms with Gasteiger partial charge in [0.25, 0.3) is 0 Å². The fraction of sp³-hybridized carbons (Fsp3) is 0.417. The molecule has 3 N–H and O–H groups in total. The van der Waals surface area contributed by atoms with Gasteiger partial charge >= 0.3 is 0 Å². The summed E-state index contributed by atoms with van der Waals surface area (Å²) < 4.78 is 2.92. The van der Waals surface area contributed by atoms with Crippen molar-refractivity contribution in [2.75, 3.05) is 12.3 Å². The number of fused-ring (bicyclic) bond motifs is 1. The first-order valence-corrected chi connectivity index (χ1v) is 6.69. The maximum absolute atomic E-state index is 5.97. The Morgan fingerprint density at radius 2 is 2.47 bits per heavy atom. The number of halogens is 1. The number of rotatable bonds is 2. The minimum absolute atomic E-state index is 0.550. The van der Waals surface area contributed by atoms with E-state index in [-0.39, 0.29) is 0 Å². The second-order valence-electron chi connectivity index (χ2n) is 4.50. The van der Waals surface area contributed by atoms with Crippen LogP contribution in [-0.2, 0) is 6.42 Å². The van der Waals surface area contributed by atoms with E-state index in [0.717, 1.165) is 34.6 Å². The van der Waals surface area contributed by atoms with Gasteiger partial charge in [-0.05, 0) is 47.4 Å². The lowest BCUT2D eigenvalue weighted by Gasteiger charge is -2.09. The fourth-order valence-corrected chi connectivity index (χ4v) is 3.10. The van der Waals surface area contributed by atoms with Crippen molar-refractivity contribution in [2.45, 2.75) is 25.3 Å². The number of nitrogens with two attached hydrogens (primary N) is 1. The first-order chi connectivity index (χ1) is 8.25. The fourth-order valence-electron chi connectivity index (χ4n) is 2.47. The summed E-state index contributed by atoms with van der Waals surface area (Å²) in [6.45, 7) is 1.12. The van der Waals surface area contributed by atoms with Gasteiger partial charge in [-0.1, -0.05) is 0 Å². The highest BCUT2D eigenvalue weighted by Gasteiger charge is 2.18. The van der Waals surface area contributed by atoms with E-state index < -0.39 is 0 Å². The molecule has 0 radical (unpaired) electrons. The van der Waals surface area contributed by atoms with Crippen molar-refractivity contribution in [2.24, 2.45) is 0 Å². The molecule has 1 aliphatic rings. The first-order valence-electron chi connectivity index (χ1n) is 5.90. The van der Waals surface area contributed by atoms with Crippen LogP contribution in [0.1, 0.15) is 18.7 Å². The molecule has 2 aromatic rings. The van der Waals surface area contributed by atoms with Crippen LogP contribution in [-0.4, -0.2) is 22.0 Å². The van der Waals surface area contributed by atoms with Crippen molar-refractivity contribution in [3.63, 3.8) is 0 Å². The summed E-state index contributed by atoms with van der Waals surface area (Å²) in [4.78, 5) is 4.57. The third kappa shape index (κ3) is 1.93. The Bertz CT molecular complexity index is 543. The van der Waals surface area contributed by atoms with Crippen LogP contribution in [0.4, 0.5) is 5.69 Å². The van der Waals surface area contributed by atoms with Crippen LogP contribution in [0, 0.1) is 0 Å². The highest BCUT2D eigenvalue weighted by Crippen LogP contribution is 2.25. The van der Waals surface area contributed by atoms with Crippen molar-refractivity contribution >= 4 is 27.1 Å². The van der Waals surface area contributed by atoms with Gasteiger partial charge in [-0.25, -0.2) is 4.98 Å². The Balaban J connectivity index is 2.01. The molecule has 5 heteroatoms. The van der Waals surface area contributed by atoms with E-state index in [1.165, 1.54) is 12.8 Å². The molecule has 17 heavy (non-hydrogen) atoms. The lowest BCUT2D eigenvalue weighted by molar-refractivity contribution is 0.584. The number of aromatic nitrogens is 2. The summed E-state index contributed by atoms with van der Waals surface area (Å²) in [5.74, 6) is 1.07. The average Bonchev–Trinajstić information content (AvgIpc) is 2.90. The maximum Gasteiger partial charge on any atom is 0.134 e. The van der Waals surface area contributed by atoms with E-state index in [1.54, 1.807) is 0 Å². The van der Waals surface area contributed by atoms with Crippen molar-refractivity contribution in [3.05, 3.63) is 28.8 Å². The summed E-state index contributed by atoms with van der Waals surface area (Å²) in [5, 5.41) is 3.49. The molecule has 90 valence electrons. The molecule has 3 heterocycles. The molecule has 0 amide bonds. The van der Waals surface area contributed by atoms with Gasteiger partial charge in [0.1, 0.15) is 15.9 Å². The maximum atomic E-state index is 5.97. The molecule has 1 unspecified atom stereocenters. The zero-order chi connectivity index (χ0) is 11.8. The molecule has 0 bridgehead atoms. The number of nitrogens with one attached hydrogen (secondary N) is 1. The Kier molecular flexibility index (Phi) is 2.80. The molecular formula is C12H15BrN4. The average molecular weight is 295 g/mol. The highest BCUT2D eigenvalue weighted by atomic mass is 79.9. The highest BCUT2D eigenvalue weighted by molar-refractivity contribution is 9.10. The lowest BCUT2D eigenvalue weighted by Crippen LogP contribution is -2.24. The Morgan fingerprint density at radius 1 is 1.59 bits per heavy atom. The van der Waals surface area contributed by atoms with Crippen LogP contribution in [0.15, 0.2) is 22.9 Å². The summed E-state index contributed by atoms with van der Waals surface area (Å²) >= 11 is 3.49. The van der Waals surface area contributed by atoms with Crippen molar-refractivity contribution in [1.29, 1.82) is 0 Å². The normalized spacial score (nSPS) is 20.2. The molecule has 3 rings (SSSR count). The minimum Gasteiger partial charge on any atom is -0.397 e. The van der Waals surface area contributed by atoms with Crippen LogP contribution in [0.5, 0.6) is 0 Å². The van der Waals surface area contributed by atoms with Gasteiger partial charge in [-0.3, -0.25) is 0 Å². The van der Waals surface area contributed by atoms with E-state index in [2.05, 4.69) is 30.6 Å². The lowest BCUT2D eigenvalue weighted by atomic mass is 10.1. The molecule has 1 aliphatic heterocycles. The molecule has 0 aliphatic carbocycles. The first kappa shape index (κ1) is 11.0. The topological polar surface area (TPSA) is 55.4 Å². The number of hydrogen-bond donors (Lipinski definition) is 2. The zero-order valence-electron chi connectivity index (χ0n) is 9.49. The molecule has 0 spiro atoms. The van der Waals surface area contributed by atoms with Crippen molar-refractivity contribution in [1.82, 2.24) is 14.7 Å². The number of imidazole rings is 1. The smallest absolute Gasteiger partial charge is 0.134 e. The number of nitrogen functional groups attached to an aromatic ring is 1. The number of nitrogens with zero attached hydrogens (tertiary/aromatic N) is 2. The molecular weight excluding hydrogens is 280 g/mol. The van der Waals surface area contributed by atoms with Crippen LogP contribution in [0.3, 0.4) is 0 Å². The van der Waals surface area contributed by atoms with Gasteiger partial charge in [-0.15, -0.1) is 0 Å². The minimum atomic E-state index is 0.550. The van der Waals surface area contributed by atoms with Gasteiger partial charge < -0.3 is 15.5 Å². The summed E-state index contributed by atoms with van der Waals surface area (Å²) in [6, 6.07) is 4.41. The predicted molar refractivity (Wildman–Crippen MR) is 72.0 cm³/mol. The number of pyridine rings is 1. The van der Waals surface area contributed by atoms with Crippen molar-refractivity contribution in [3.8, 4) is 0 Å². The molecule has 2 aromatic heterocycles. The Labute approximate surface area is 108 Å². The summed E-state index contributed by atoms with van der Waals surface area (Å²) in [5.41, 5.74) is 7.71. The van der Waals surface area contributed by atoms with E-state index in [4.69, 9.17) is 5.73 Å². The third-order valence-electron chi connectivity index (χ3n) is 3.32. The Morgan fingerprint density at radius 3 is 3.24 bits per heavy atom. The number of anilines is 1. The second-order valence-corrected chi connectivity index (χ2v) is 5.25. The van der Waals surface area contributed by atoms with E-state index in [0.29, 0.717) is 6.04 Å². The predicted octanol–water partition coefficient (Wildman–Crippen LogP) is 1.97. The van der Waals surface area contributed by atoms with Gasteiger partial charge in [0.2, 0.25) is 0 Å². The van der Waals surface area contributed by atoms with Gasteiger partial charge in [0.05, 0.1) is 5.69 Å². The van der Waals surface area contributed by atoms with E-state index in [1.807, 2.05) is 18.3 Å². The molecule has 4 nitrogen and oxygen atoms in total. The molecule has 1 atom stereocenters. The van der Waals surface area contributed by atoms with Gasteiger partial charge in [-0.2, -0.15) is 0 Å². The molecule has 1 fully saturated rings. The standard InChI is InChI=1S/C12H15BrN4/c13-12-11-9(14)4-2-6-17(11)10(16-12)7-8-3-1-5-15-8/h2,4,6,8,15H,1,3,5,7,14H2. The van der Waals surface area contributed by atoms with E-state index >= 15 is 0 Å². The quantitative estimate of drug-likeness (QED) is 0.890. The zero-order valence-corrected chi connectivity index (χ0v) is 11.1. The second kappa shape index (κ2) is 4.31. The van der Waals surface area contributed by atoms with Gasteiger partial charge in [0, 0.05) is 18.7 Å². The van der Waals surface area contributed by atoms with E-state index in [9.17, 15) is 0 Å². The van der Waals surface area contributed by atoms with Crippen molar-refractivity contribution < 1.29 is 0 Å². The molecule has 1 saturated heterocycles. The number of hydrogen-bond acceptors (Lipinski definition) is 3. The summed E-state index contributed by atoms with van der Waals surface area (Å²) in [6.07, 6.45) is 5.47. The molecule has 0 aromatic carbocycles. The largest absolute Gasteiger partial charge is 0.397 e. The van der Waals surface area contributed by atoms with Crippen LogP contribution in [0.2, 0.25) is 0 Å². The summed E-state index contributed by atoms with van der Waals surface area (Å²) in [7, 11) is 0.